The molecule has 2 aliphatic heterocycles. The van der Waals surface area contributed by atoms with Gasteiger partial charge in [0.2, 0.25) is 5.91 Å². The first-order valence-electron chi connectivity index (χ1n) is 7.05. The van der Waals surface area contributed by atoms with Gasteiger partial charge in [0.05, 0.1) is 11.4 Å². The van der Waals surface area contributed by atoms with Crippen LogP contribution >= 0.6 is 15.9 Å². The molecule has 1 aromatic rings. The maximum absolute atomic E-state index is 12.3. The second kappa shape index (κ2) is 4.95. The van der Waals surface area contributed by atoms with Gasteiger partial charge in [0.15, 0.2) is 0 Å². The number of rotatable bonds is 2. The van der Waals surface area contributed by atoms with Gasteiger partial charge in [0.1, 0.15) is 5.54 Å². The molecule has 106 valence electrons. The molecule has 0 radical (unpaired) electrons. The van der Waals surface area contributed by atoms with E-state index < -0.39 is 5.54 Å². The number of hydrogen-bond acceptors (Lipinski definition) is 3. The van der Waals surface area contributed by atoms with Gasteiger partial charge >= 0.3 is 0 Å². The van der Waals surface area contributed by atoms with Crippen LogP contribution in [0, 0.1) is 0 Å². The minimum atomic E-state index is -0.498. The number of amides is 1. The van der Waals surface area contributed by atoms with Crippen molar-refractivity contribution in [1.82, 2.24) is 9.88 Å². The van der Waals surface area contributed by atoms with E-state index in [0.29, 0.717) is 0 Å². The Morgan fingerprint density at radius 2 is 2.25 bits per heavy atom. The van der Waals surface area contributed by atoms with Gasteiger partial charge in [-0.3, -0.25) is 14.8 Å². The Morgan fingerprint density at radius 3 is 2.85 bits per heavy atom. The van der Waals surface area contributed by atoms with Gasteiger partial charge in [0, 0.05) is 24.3 Å². The second-order valence-corrected chi connectivity index (χ2v) is 6.44. The lowest BCUT2D eigenvalue weighted by Gasteiger charge is -2.16. The van der Waals surface area contributed by atoms with Crippen LogP contribution in [-0.2, 0) is 11.2 Å². The van der Waals surface area contributed by atoms with Gasteiger partial charge in [-0.05, 0) is 37.3 Å². The van der Waals surface area contributed by atoms with Gasteiger partial charge in [0.25, 0.3) is 0 Å². The van der Waals surface area contributed by atoms with Crippen LogP contribution in [0.5, 0.6) is 0 Å². The quantitative estimate of drug-likeness (QED) is 0.833. The molecule has 3 rings (SSSR count). The number of pyridine rings is 1. The number of carbonyl (C=O) groups is 1. The third-order valence-electron chi connectivity index (χ3n) is 4.34. The van der Waals surface area contributed by atoms with E-state index in [4.69, 9.17) is 4.99 Å². The zero-order valence-corrected chi connectivity index (χ0v) is 13.4. The Kier molecular flexibility index (Phi) is 3.40. The lowest BCUT2D eigenvalue weighted by molar-refractivity contribution is -0.130. The number of hydrogen-bond donors (Lipinski definition) is 0. The summed E-state index contributed by atoms with van der Waals surface area (Å²) in [7, 11) is 1.86. The highest BCUT2D eigenvalue weighted by Crippen LogP contribution is 2.37. The predicted molar refractivity (Wildman–Crippen MR) is 82.1 cm³/mol. The average molecular weight is 336 g/mol. The van der Waals surface area contributed by atoms with Crippen molar-refractivity contribution in [3.63, 3.8) is 0 Å². The van der Waals surface area contributed by atoms with Crippen molar-refractivity contribution in [3.05, 3.63) is 28.0 Å². The van der Waals surface area contributed by atoms with Crippen LogP contribution in [0.25, 0.3) is 0 Å². The van der Waals surface area contributed by atoms with Crippen molar-refractivity contribution in [2.45, 2.75) is 38.1 Å². The number of halogens is 1. The van der Waals surface area contributed by atoms with E-state index in [1.54, 1.807) is 4.90 Å². The molecule has 0 N–H and O–H groups in total. The standard InChI is InChI=1S/C15H18BrN3O/c1-3-10-9-17-13(8-11(10)16)12-4-5-15(18-12)6-7-19(2)14(15)20/h8-9H,3-7H2,1-2H3. The number of aryl methyl sites for hydroxylation is 1. The van der Waals surface area contributed by atoms with E-state index in [-0.39, 0.29) is 5.91 Å². The van der Waals surface area contributed by atoms with Gasteiger partial charge in [-0.1, -0.05) is 22.9 Å². The van der Waals surface area contributed by atoms with E-state index in [2.05, 4.69) is 27.8 Å². The molecule has 1 saturated heterocycles. The van der Waals surface area contributed by atoms with Crippen molar-refractivity contribution in [2.24, 2.45) is 4.99 Å². The average Bonchev–Trinajstić information content (AvgIpc) is 3.00. The van der Waals surface area contributed by atoms with Crippen LogP contribution in [0.2, 0.25) is 0 Å². The van der Waals surface area contributed by atoms with E-state index >= 15 is 0 Å². The van der Waals surface area contributed by atoms with Crippen molar-refractivity contribution in [1.29, 1.82) is 0 Å². The molecule has 0 saturated carbocycles. The summed E-state index contributed by atoms with van der Waals surface area (Å²) in [5.74, 6) is 0.164. The van der Waals surface area contributed by atoms with E-state index in [1.807, 2.05) is 19.3 Å². The Hall–Kier alpha value is -1.23. The summed E-state index contributed by atoms with van der Waals surface area (Å²) in [6.07, 6.45) is 5.34. The maximum Gasteiger partial charge on any atom is 0.250 e. The largest absolute Gasteiger partial charge is 0.344 e. The SMILES string of the molecule is CCc1cnc(C2=NC3(CC2)CCN(C)C3=O)cc1Br. The normalized spacial score (nSPS) is 25.6. The Morgan fingerprint density at radius 1 is 1.45 bits per heavy atom. The van der Waals surface area contributed by atoms with Crippen molar-refractivity contribution < 1.29 is 4.79 Å². The van der Waals surface area contributed by atoms with Crippen molar-refractivity contribution in [2.75, 3.05) is 13.6 Å². The molecule has 0 aromatic carbocycles. The van der Waals surface area contributed by atoms with Gasteiger partial charge in [-0.2, -0.15) is 0 Å². The van der Waals surface area contributed by atoms with Gasteiger partial charge < -0.3 is 4.90 Å². The predicted octanol–water partition coefficient (Wildman–Crippen LogP) is 2.59. The Bertz CT molecular complexity index is 599. The summed E-state index contributed by atoms with van der Waals surface area (Å²) in [6.45, 7) is 2.91. The summed E-state index contributed by atoms with van der Waals surface area (Å²) in [5, 5.41) is 0. The van der Waals surface area contributed by atoms with E-state index in [1.165, 1.54) is 5.56 Å². The molecule has 5 heteroatoms. The fourth-order valence-corrected chi connectivity index (χ4v) is 3.61. The number of carbonyl (C=O) groups excluding carboxylic acids is 1. The highest BCUT2D eigenvalue weighted by atomic mass is 79.9. The first-order valence-corrected chi connectivity index (χ1v) is 7.84. The summed E-state index contributed by atoms with van der Waals surface area (Å²) >= 11 is 3.58. The molecule has 20 heavy (non-hydrogen) atoms. The molecule has 1 atom stereocenters. The molecule has 0 bridgehead atoms. The van der Waals surface area contributed by atoms with Gasteiger partial charge in [-0.15, -0.1) is 0 Å². The minimum absolute atomic E-state index is 0.164. The molecule has 2 aliphatic rings. The molecule has 0 aliphatic carbocycles. The third kappa shape index (κ3) is 2.08. The summed E-state index contributed by atoms with van der Waals surface area (Å²) in [4.78, 5) is 23.3. The molecule has 1 fully saturated rings. The first-order chi connectivity index (χ1) is 9.55. The van der Waals surface area contributed by atoms with Crippen LogP contribution in [0.1, 0.15) is 37.4 Å². The first kappa shape index (κ1) is 13.7. The van der Waals surface area contributed by atoms with Crippen LogP contribution in [-0.4, -0.2) is 40.6 Å². The smallest absolute Gasteiger partial charge is 0.250 e. The third-order valence-corrected chi connectivity index (χ3v) is 5.07. The summed E-state index contributed by atoms with van der Waals surface area (Å²) < 4.78 is 1.07. The zero-order valence-electron chi connectivity index (χ0n) is 11.8. The highest BCUT2D eigenvalue weighted by Gasteiger charge is 2.48. The number of nitrogens with zero attached hydrogens (tertiary/aromatic N) is 3. The van der Waals surface area contributed by atoms with Crippen LogP contribution in [0.15, 0.2) is 21.7 Å². The number of likely N-dealkylation sites (tertiary alicyclic amines) is 1. The highest BCUT2D eigenvalue weighted by molar-refractivity contribution is 9.10. The lowest BCUT2D eigenvalue weighted by atomic mass is 9.95. The topological polar surface area (TPSA) is 45.6 Å². The molecular formula is C15H18BrN3O. The Balaban J connectivity index is 1.93. The molecule has 3 heterocycles. The molecule has 4 nitrogen and oxygen atoms in total. The molecule has 1 amide bonds. The van der Waals surface area contributed by atoms with Crippen molar-refractivity contribution >= 4 is 27.5 Å². The van der Waals surface area contributed by atoms with Crippen molar-refractivity contribution in [3.8, 4) is 0 Å². The number of aliphatic imine (C=N–C) groups is 1. The fraction of sp³-hybridized carbons (Fsp3) is 0.533. The second-order valence-electron chi connectivity index (χ2n) is 5.58. The summed E-state index contributed by atoms with van der Waals surface area (Å²) in [5.41, 5.74) is 2.56. The zero-order chi connectivity index (χ0) is 14.3. The van der Waals surface area contributed by atoms with Crippen LogP contribution < -0.4 is 0 Å². The van der Waals surface area contributed by atoms with E-state index in [9.17, 15) is 4.79 Å². The van der Waals surface area contributed by atoms with Gasteiger partial charge in [-0.25, -0.2) is 0 Å². The lowest BCUT2D eigenvalue weighted by Crippen LogP contribution is -2.35. The molecule has 1 aromatic heterocycles. The Labute approximate surface area is 127 Å². The molecule has 1 spiro atoms. The summed E-state index contributed by atoms with van der Waals surface area (Å²) in [6, 6.07) is 2.03. The van der Waals surface area contributed by atoms with Crippen LogP contribution in [0.4, 0.5) is 0 Å². The molecular weight excluding hydrogens is 318 g/mol. The number of aromatic nitrogens is 1. The minimum Gasteiger partial charge on any atom is -0.344 e. The maximum atomic E-state index is 12.3. The van der Waals surface area contributed by atoms with Crippen LogP contribution in [0.3, 0.4) is 0 Å². The molecule has 1 unspecified atom stereocenters. The van der Waals surface area contributed by atoms with E-state index in [0.717, 1.165) is 48.1 Å². The fourth-order valence-electron chi connectivity index (χ4n) is 3.01. The monoisotopic (exact) mass is 335 g/mol. The number of likely N-dealkylation sites (N-methyl/N-ethyl adjacent to an activating group) is 1.